The fourth-order valence-corrected chi connectivity index (χ4v) is 4.59. The molecule has 0 saturated carbocycles. The van der Waals surface area contributed by atoms with Crippen LogP contribution in [0.5, 0.6) is 0 Å². The summed E-state index contributed by atoms with van der Waals surface area (Å²) in [6.07, 6.45) is 28.8. The summed E-state index contributed by atoms with van der Waals surface area (Å²) in [5.41, 5.74) is 2.83. The van der Waals surface area contributed by atoms with Gasteiger partial charge in [-0.3, -0.25) is 4.79 Å². The van der Waals surface area contributed by atoms with Gasteiger partial charge in [0, 0.05) is 6.42 Å². The predicted molar refractivity (Wildman–Crippen MR) is 141 cm³/mol. The Labute approximate surface area is 197 Å². The van der Waals surface area contributed by atoms with Crippen LogP contribution in [-0.4, -0.2) is 5.78 Å². The fraction of sp³-hybridized carbons (Fsp3) is 0.900. The van der Waals surface area contributed by atoms with Crippen LogP contribution in [0.1, 0.15) is 175 Å². The molecule has 0 aliphatic rings. The van der Waals surface area contributed by atoms with E-state index in [1.165, 1.54) is 134 Å². The second-order valence-electron chi connectivity index (χ2n) is 9.81. The maximum Gasteiger partial charge on any atom is 0.158 e. The van der Waals surface area contributed by atoms with Crippen LogP contribution in [0, 0.1) is 0 Å². The van der Waals surface area contributed by atoms with Gasteiger partial charge in [0.2, 0.25) is 0 Å². The zero-order valence-corrected chi connectivity index (χ0v) is 22.2. The van der Waals surface area contributed by atoms with Crippen LogP contribution >= 0.6 is 0 Å². The largest absolute Gasteiger partial charge is 0.295 e. The third-order valence-electron chi connectivity index (χ3n) is 6.72. The number of carbonyl (C=O) groups is 1. The molecule has 0 aliphatic heterocycles. The standard InChI is InChI=1S/C30H58O/c1-5-9-13-17-20-24-28(25-21-18-14-10-6-2)29(26-22-16-12-8-4)30(31)27-23-19-15-11-7-3/h5-27H2,1-4H3. The molecule has 1 heteroatoms. The van der Waals surface area contributed by atoms with Gasteiger partial charge in [-0.15, -0.1) is 0 Å². The molecule has 0 N–H and O–H groups in total. The molecule has 0 atom stereocenters. The highest BCUT2D eigenvalue weighted by atomic mass is 16.1. The van der Waals surface area contributed by atoms with Gasteiger partial charge in [-0.25, -0.2) is 0 Å². The summed E-state index contributed by atoms with van der Waals surface area (Å²) in [5.74, 6) is 0.505. The fourth-order valence-electron chi connectivity index (χ4n) is 4.59. The van der Waals surface area contributed by atoms with Crippen LogP contribution in [0.2, 0.25) is 0 Å². The highest BCUT2D eigenvalue weighted by Gasteiger charge is 2.15. The minimum Gasteiger partial charge on any atom is -0.295 e. The molecule has 184 valence electrons. The van der Waals surface area contributed by atoms with Gasteiger partial charge in [0.1, 0.15) is 0 Å². The third-order valence-corrected chi connectivity index (χ3v) is 6.72. The first-order chi connectivity index (χ1) is 15.2. The van der Waals surface area contributed by atoms with Gasteiger partial charge in [-0.2, -0.15) is 0 Å². The monoisotopic (exact) mass is 434 g/mol. The second kappa shape index (κ2) is 24.1. The number of rotatable bonds is 24. The summed E-state index contributed by atoms with van der Waals surface area (Å²) in [7, 11) is 0. The van der Waals surface area contributed by atoms with E-state index in [0.29, 0.717) is 5.78 Å². The summed E-state index contributed by atoms with van der Waals surface area (Å²) < 4.78 is 0. The number of ketones is 1. The van der Waals surface area contributed by atoms with Crippen molar-refractivity contribution in [2.75, 3.05) is 0 Å². The number of carbonyl (C=O) groups excluding carboxylic acids is 1. The zero-order chi connectivity index (χ0) is 23.0. The molecule has 0 heterocycles. The lowest BCUT2D eigenvalue weighted by atomic mass is 9.89. The molecule has 0 aromatic carbocycles. The molecule has 0 fully saturated rings. The van der Waals surface area contributed by atoms with Crippen LogP contribution in [0.4, 0.5) is 0 Å². The van der Waals surface area contributed by atoms with Crippen molar-refractivity contribution < 1.29 is 4.79 Å². The zero-order valence-electron chi connectivity index (χ0n) is 22.2. The van der Waals surface area contributed by atoms with Crippen LogP contribution in [0.25, 0.3) is 0 Å². The van der Waals surface area contributed by atoms with Crippen LogP contribution in [0.15, 0.2) is 11.1 Å². The average molecular weight is 435 g/mol. The van der Waals surface area contributed by atoms with E-state index < -0.39 is 0 Å². The van der Waals surface area contributed by atoms with Crippen LogP contribution < -0.4 is 0 Å². The molecule has 0 saturated heterocycles. The minimum atomic E-state index is 0.505. The molecule has 1 nitrogen and oxygen atoms in total. The molecular weight excluding hydrogens is 376 g/mol. The topological polar surface area (TPSA) is 17.1 Å². The molecule has 0 aliphatic carbocycles. The SMILES string of the molecule is CCCCCCCC(=O)C(CCCCCC)=C(CCCCCCC)CCCCCCC. The van der Waals surface area contributed by atoms with Gasteiger partial charge in [0.25, 0.3) is 0 Å². The molecule has 0 aromatic heterocycles. The van der Waals surface area contributed by atoms with E-state index in [4.69, 9.17) is 0 Å². The lowest BCUT2D eigenvalue weighted by Crippen LogP contribution is -2.08. The van der Waals surface area contributed by atoms with Crippen molar-refractivity contribution in [2.45, 2.75) is 175 Å². The molecule has 0 radical (unpaired) electrons. The highest BCUT2D eigenvalue weighted by Crippen LogP contribution is 2.27. The van der Waals surface area contributed by atoms with Gasteiger partial charge in [0.05, 0.1) is 0 Å². The van der Waals surface area contributed by atoms with Crippen LogP contribution in [-0.2, 0) is 4.79 Å². The van der Waals surface area contributed by atoms with E-state index in [-0.39, 0.29) is 0 Å². The molecule has 0 unspecified atom stereocenters. The van der Waals surface area contributed by atoms with Crippen molar-refractivity contribution >= 4 is 5.78 Å². The van der Waals surface area contributed by atoms with Gasteiger partial charge in [0.15, 0.2) is 5.78 Å². The Kier molecular flexibility index (Phi) is 23.6. The molecule has 0 rings (SSSR count). The Morgan fingerprint density at radius 3 is 1.13 bits per heavy atom. The first-order valence-electron chi connectivity index (χ1n) is 14.4. The van der Waals surface area contributed by atoms with Crippen molar-refractivity contribution in [1.82, 2.24) is 0 Å². The molecule has 0 amide bonds. The van der Waals surface area contributed by atoms with E-state index in [9.17, 15) is 4.79 Å². The van der Waals surface area contributed by atoms with E-state index in [0.717, 1.165) is 19.3 Å². The molecule has 0 bridgehead atoms. The summed E-state index contributed by atoms with van der Waals surface area (Å²) >= 11 is 0. The summed E-state index contributed by atoms with van der Waals surface area (Å²) in [4.78, 5) is 13.3. The van der Waals surface area contributed by atoms with Gasteiger partial charge >= 0.3 is 0 Å². The predicted octanol–water partition coefficient (Wildman–Crippen LogP) is 10.9. The number of hydrogen-bond donors (Lipinski definition) is 0. The minimum absolute atomic E-state index is 0.505. The first-order valence-corrected chi connectivity index (χ1v) is 14.4. The van der Waals surface area contributed by atoms with Gasteiger partial charge in [-0.05, 0) is 50.5 Å². The first kappa shape index (κ1) is 30.4. The lowest BCUT2D eigenvalue weighted by molar-refractivity contribution is -0.115. The Balaban J connectivity index is 5.05. The number of unbranched alkanes of at least 4 members (excludes halogenated alkanes) is 15. The van der Waals surface area contributed by atoms with Gasteiger partial charge in [-0.1, -0.05) is 130 Å². The Morgan fingerprint density at radius 1 is 0.387 bits per heavy atom. The smallest absolute Gasteiger partial charge is 0.158 e. The van der Waals surface area contributed by atoms with Crippen molar-refractivity contribution in [3.8, 4) is 0 Å². The Morgan fingerprint density at radius 2 is 0.710 bits per heavy atom. The molecule has 0 aromatic rings. The van der Waals surface area contributed by atoms with Gasteiger partial charge < -0.3 is 0 Å². The Hall–Kier alpha value is -0.590. The average Bonchev–Trinajstić information content (AvgIpc) is 2.77. The molecular formula is C30H58O. The maximum atomic E-state index is 13.3. The van der Waals surface area contributed by atoms with E-state index in [1.807, 2.05) is 0 Å². The number of allylic oxidation sites excluding steroid dienone is 2. The van der Waals surface area contributed by atoms with E-state index in [1.54, 1.807) is 5.57 Å². The quantitative estimate of drug-likeness (QED) is 0.109. The van der Waals surface area contributed by atoms with Crippen molar-refractivity contribution in [3.05, 3.63) is 11.1 Å². The van der Waals surface area contributed by atoms with E-state index in [2.05, 4.69) is 27.7 Å². The van der Waals surface area contributed by atoms with Crippen molar-refractivity contribution in [1.29, 1.82) is 0 Å². The van der Waals surface area contributed by atoms with Crippen molar-refractivity contribution in [2.24, 2.45) is 0 Å². The second-order valence-corrected chi connectivity index (χ2v) is 9.81. The van der Waals surface area contributed by atoms with Crippen molar-refractivity contribution in [3.63, 3.8) is 0 Å². The highest BCUT2D eigenvalue weighted by molar-refractivity contribution is 5.96. The third kappa shape index (κ3) is 18.7. The van der Waals surface area contributed by atoms with Crippen LogP contribution in [0.3, 0.4) is 0 Å². The lowest BCUT2D eigenvalue weighted by Gasteiger charge is -2.16. The normalized spacial score (nSPS) is 11.1. The maximum absolute atomic E-state index is 13.3. The summed E-state index contributed by atoms with van der Waals surface area (Å²) in [6, 6.07) is 0. The summed E-state index contributed by atoms with van der Waals surface area (Å²) in [5, 5.41) is 0. The molecule has 0 spiro atoms. The number of hydrogen-bond acceptors (Lipinski definition) is 1. The van der Waals surface area contributed by atoms with E-state index >= 15 is 0 Å². The number of Topliss-reactive ketones (excluding diaryl/α,β-unsaturated/α-hetero) is 1. The Bertz CT molecular complexity index is 404. The summed E-state index contributed by atoms with van der Waals surface area (Å²) in [6.45, 7) is 9.11. The molecule has 31 heavy (non-hydrogen) atoms.